The number of esters is 1. The van der Waals surface area contributed by atoms with Crippen LogP contribution in [0.3, 0.4) is 0 Å². The minimum Gasteiger partial charge on any atom is -0.456 e. The summed E-state index contributed by atoms with van der Waals surface area (Å²) in [6, 6.07) is -0.884. The van der Waals surface area contributed by atoms with Crippen LogP contribution in [0.25, 0.3) is 0 Å². The molecule has 10 heteroatoms. The summed E-state index contributed by atoms with van der Waals surface area (Å²) in [5.41, 5.74) is 0. The van der Waals surface area contributed by atoms with Crippen LogP contribution in [0.4, 0.5) is 0 Å². The van der Waals surface area contributed by atoms with Crippen LogP contribution in [0, 0.1) is 0 Å². The Hall–Kier alpha value is -3.33. The lowest BCUT2D eigenvalue weighted by Crippen LogP contribution is -2.47. The highest BCUT2D eigenvalue weighted by Gasteiger charge is 2.30. The second kappa shape index (κ2) is 59.8. The summed E-state index contributed by atoms with van der Waals surface area (Å²) in [6.07, 6.45) is 82.5. The molecule has 3 atom stereocenters. The third kappa shape index (κ3) is 61.1. The van der Waals surface area contributed by atoms with Crippen molar-refractivity contribution in [3.05, 3.63) is 109 Å². The van der Waals surface area contributed by atoms with Gasteiger partial charge in [0, 0.05) is 12.8 Å². The average molecular weight is 1150 g/mol. The van der Waals surface area contributed by atoms with Gasteiger partial charge in [-0.1, -0.05) is 259 Å². The number of phosphoric ester groups is 1. The van der Waals surface area contributed by atoms with Crippen molar-refractivity contribution in [2.24, 2.45) is 0 Å². The summed E-state index contributed by atoms with van der Waals surface area (Å²) in [7, 11) is 1.45. The van der Waals surface area contributed by atoms with Crippen LogP contribution in [0.15, 0.2) is 109 Å². The number of quaternary nitrogens is 1. The van der Waals surface area contributed by atoms with Crippen molar-refractivity contribution in [2.45, 2.75) is 290 Å². The highest BCUT2D eigenvalue weighted by Crippen LogP contribution is 2.43. The van der Waals surface area contributed by atoms with Gasteiger partial charge in [0.05, 0.1) is 33.8 Å². The number of carbonyl (C=O) groups is 2. The van der Waals surface area contributed by atoms with Crippen molar-refractivity contribution >= 4 is 19.7 Å². The maximum atomic E-state index is 13.5. The first-order valence-corrected chi connectivity index (χ1v) is 34.7. The Bertz CT molecular complexity index is 1750. The zero-order valence-electron chi connectivity index (χ0n) is 53.2. The molecule has 0 aromatic heterocycles. The molecule has 81 heavy (non-hydrogen) atoms. The van der Waals surface area contributed by atoms with Gasteiger partial charge >= 0.3 is 13.8 Å². The number of amides is 1. The van der Waals surface area contributed by atoms with E-state index in [4.69, 9.17) is 13.8 Å². The molecule has 0 aromatic carbocycles. The van der Waals surface area contributed by atoms with Crippen LogP contribution >= 0.6 is 7.82 Å². The van der Waals surface area contributed by atoms with E-state index in [1.807, 2.05) is 33.3 Å². The summed E-state index contributed by atoms with van der Waals surface area (Å²) in [4.78, 5) is 37.7. The molecule has 0 fully saturated rings. The molecule has 9 nitrogen and oxygen atoms in total. The summed E-state index contributed by atoms with van der Waals surface area (Å²) in [6.45, 7) is 6.90. The molecule has 3 unspecified atom stereocenters. The van der Waals surface area contributed by atoms with Crippen LogP contribution in [0.5, 0.6) is 0 Å². The van der Waals surface area contributed by atoms with E-state index in [-0.39, 0.29) is 37.9 Å². The van der Waals surface area contributed by atoms with E-state index < -0.39 is 20.0 Å². The normalized spacial score (nSPS) is 14.3. The molecule has 1 amide bonds. The van der Waals surface area contributed by atoms with Crippen molar-refractivity contribution < 1.29 is 37.3 Å². The van der Waals surface area contributed by atoms with Gasteiger partial charge in [-0.2, -0.15) is 0 Å². The second-order valence-corrected chi connectivity index (χ2v) is 24.7. The Morgan fingerprint density at radius 1 is 0.432 bits per heavy atom. The SMILES string of the molecule is CCCCC/C=C\C/C=C\C/C=C\C/C=C\CCCCCCCCCCCCCC(=O)OC(/C=C\CCCCCCCCCCC)C(COP(=O)(O)OCC[N+](C)(C)C)NC(=O)CCC/C=C\C/C=C\C/C=C\C/C=C\CCCCC. The molecule has 0 saturated carbocycles. The lowest BCUT2D eigenvalue weighted by Gasteiger charge is -2.27. The number of allylic oxidation sites excluding steroid dienone is 17. The number of phosphoric acid groups is 1. The number of hydrogen-bond acceptors (Lipinski definition) is 6. The third-order valence-electron chi connectivity index (χ3n) is 14.2. The quantitative estimate of drug-likeness (QED) is 0.0205. The number of nitrogens with one attached hydrogen (secondary N) is 1. The number of nitrogens with zero attached hydrogens (tertiary/aromatic N) is 1. The predicted octanol–water partition coefficient (Wildman–Crippen LogP) is 20.9. The van der Waals surface area contributed by atoms with Crippen LogP contribution in [-0.2, 0) is 27.9 Å². The molecule has 0 aliphatic carbocycles. The lowest BCUT2D eigenvalue weighted by atomic mass is 10.0. The Kier molecular flexibility index (Phi) is 57.4. The van der Waals surface area contributed by atoms with Gasteiger partial charge in [-0.15, -0.1) is 0 Å². The maximum absolute atomic E-state index is 13.5. The molecule has 0 bridgehead atoms. The Balaban J connectivity index is 5.14. The molecule has 2 N–H and O–H groups in total. The van der Waals surface area contributed by atoms with E-state index in [2.05, 4.69) is 123 Å². The molecule has 0 rings (SSSR count). The van der Waals surface area contributed by atoms with E-state index in [0.717, 1.165) is 89.9 Å². The average Bonchev–Trinajstić information content (AvgIpc) is 3.44. The van der Waals surface area contributed by atoms with Crippen LogP contribution in [0.2, 0.25) is 0 Å². The highest BCUT2D eigenvalue weighted by molar-refractivity contribution is 7.47. The van der Waals surface area contributed by atoms with E-state index >= 15 is 0 Å². The topological polar surface area (TPSA) is 111 Å². The molecule has 0 saturated heterocycles. The molecular formula is C71H126N2O7P+. The number of rotatable bonds is 59. The number of unbranched alkanes of at least 4 members (excludes halogenated alkanes) is 27. The Morgan fingerprint density at radius 3 is 1.17 bits per heavy atom. The molecule has 0 radical (unpaired) electrons. The van der Waals surface area contributed by atoms with Gasteiger partial charge in [0.1, 0.15) is 19.3 Å². The maximum Gasteiger partial charge on any atom is 0.472 e. The van der Waals surface area contributed by atoms with Gasteiger partial charge in [0.15, 0.2) is 0 Å². The minimum atomic E-state index is -4.47. The van der Waals surface area contributed by atoms with Crippen molar-refractivity contribution in [1.82, 2.24) is 5.32 Å². The van der Waals surface area contributed by atoms with Crippen molar-refractivity contribution in [3.63, 3.8) is 0 Å². The van der Waals surface area contributed by atoms with Crippen LogP contribution in [0.1, 0.15) is 278 Å². The standard InChI is InChI=1S/C71H125N2O7P/c1-7-10-13-16-19-22-25-27-29-31-32-33-34-35-36-37-38-39-40-42-44-46-49-52-55-58-61-64-71(75)80-69(62-59-56-53-50-47-24-21-18-15-12-9-3)68(67-79-81(76,77)78-66-65-73(4,5)6)72-70(74)63-60-57-54-51-48-45-43-41-30-28-26-23-20-17-14-11-8-2/h19-20,22-23,27-30,32-33,35-36,43,45,51,54,59,62,68-69H,7-18,21,24-26,31,34,37-42,44,46-50,52-53,55-58,60-61,63-67H2,1-6H3,(H-,72,74,76,77)/p+1/b22-19-,23-20-,29-27-,30-28-,33-32-,36-35-,45-43-,54-51-,62-59-. The number of likely N-dealkylation sites (N-methyl/N-ethyl adjacent to an activating group) is 1. The zero-order chi connectivity index (χ0) is 59.3. The summed E-state index contributed by atoms with van der Waals surface area (Å²) in [5, 5.41) is 3.02. The fourth-order valence-electron chi connectivity index (χ4n) is 9.03. The predicted molar refractivity (Wildman–Crippen MR) is 350 cm³/mol. The Morgan fingerprint density at radius 2 is 0.765 bits per heavy atom. The Labute approximate surface area is 500 Å². The highest BCUT2D eigenvalue weighted by atomic mass is 31.2. The van der Waals surface area contributed by atoms with Crippen molar-refractivity contribution in [2.75, 3.05) is 40.9 Å². The second-order valence-electron chi connectivity index (χ2n) is 23.3. The first-order chi connectivity index (χ1) is 39.4. The summed E-state index contributed by atoms with van der Waals surface area (Å²) >= 11 is 0. The van der Waals surface area contributed by atoms with Gasteiger partial charge < -0.3 is 19.4 Å². The molecule has 0 heterocycles. The monoisotopic (exact) mass is 1150 g/mol. The fraction of sp³-hybridized carbons (Fsp3) is 0.718. The van der Waals surface area contributed by atoms with Gasteiger partial charge in [-0.3, -0.25) is 18.6 Å². The van der Waals surface area contributed by atoms with E-state index in [9.17, 15) is 19.0 Å². The molecule has 0 aliphatic rings. The van der Waals surface area contributed by atoms with E-state index in [1.54, 1.807) is 0 Å². The fourth-order valence-corrected chi connectivity index (χ4v) is 9.77. The molecule has 0 aliphatic heterocycles. The molecular weight excluding hydrogens is 1020 g/mol. The summed E-state index contributed by atoms with van der Waals surface area (Å²) in [5.74, 6) is -0.577. The van der Waals surface area contributed by atoms with E-state index in [1.165, 1.54) is 148 Å². The minimum absolute atomic E-state index is 0.0249. The van der Waals surface area contributed by atoms with Gasteiger partial charge in [-0.25, -0.2) is 4.57 Å². The molecule has 0 aromatic rings. The van der Waals surface area contributed by atoms with Gasteiger partial charge in [0.2, 0.25) is 5.91 Å². The van der Waals surface area contributed by atoms with Crippen molar-refractivity contribution in [3.8, 4) is 0 Å². The smallest absolute Gasteiger partial charge is 0.456 e. The van der Waals surface area contributed by atoms with Crippen LogP contribution in [-0.4, -0.2) is 74.3 Å². The lowest BCUT2D eigenvalue weighted by molar-refractivity contribution is -0.870. The van der Waals surface area contributed by atoms with Gasteiger partial charge in [0.25, 0.3) is 0 Å². The van der Waals surface area contributed by atoms with Gasteiger partial charge in [-0.05, 0) is 115 Å². The van der Waals surface area contributed by atoms with Crippen LogP contribution < -0.4 is 5.32 Å². The van der Waals surface area contributed by atoms with E-state index in [0.29, 0.717) is 17.4 Å². The summed E-state index contributed by atoms with van der Waals surface area (Å²) < 4.78 is 30.7. The van der Waals surface area contributed by atoms with Crippen molar-refractivity contribution in [1.29, 1.82) is 0 Å². The number of ether oxygens (including phenoxy) is 1. The largest absolute Gasteiger partial charge is 0.472 e. The first-order valence-electron chi connectivity index (χ1n) is 33.2. The molecule has 466 valence electrons. The molecule has 0 spiro atoms. The number of hydrogen-bond donors (Lipinski definition) is 2. The zero-order valence-corrected chi connectivity index (χ0v) is 54.1. The number of carbonyl (C=O) groups excluding carboxylic acids is 2. The first kappa shape index (κ1) is 77.7. The third-order valence-corrected chi connectivity index (χ3v) is 15.2.